The van der Waals surface area contributed by atoms with Gasteiger partial charge in [0.15, 0.2) is 11.4 Å². The van der Waals surface area contributed by atoms with E-state index in [9.17, 15) is 9.90 Å². The van der Waals surface area contributed by atoms with Crippen molar-refractivity contribution in [3.63, 3.8) is 0 Å². The summed E-state index contributed by atoms with van der Waals surface area (Å²) in [4.78, 5) is 17.2. The number of aliphatic hydroxyl groups is 1. The molecule has 0 aromatic carbocycles. The van der Waals surface area contributed by atoms with Gasteiger partial charge in [-0.1, -0.05) is 11.6 Å². The number of carbonyl (C=O) groups excluding carboxylic acids is 1. The Labute approximate surface area is 139 Å². The summed E-state index contributed by atoms with van der Waals surface area (Å²) in [7, 11) is 2.95. The molecule has 2 aromatic rings. The molecule has 0 amide bonds. The zero-order valence-corrected chi connectivity index (χ0v) is 14.0. The first-order chi connectivity index (χ1) is 11.4. The van der Waals surface area contributed by atoms with E-state index in [1.807, 2.05) is 19.9 Å². The second-order valence-electron chi connectivity index (χ2n) is 5.92. The molecule has 0 radical (unpaired) electrons. The predicted octanol–water partition coefficient (Wildman–Crippen LogP) is 3.52. The summed E-state index contributed by atoms with van der Waals surface area (Å²) in [5.41, 5.74) is 0.701. The second kappa shape index (κ2) is 5.79. The van der Waals surface area contributed by atoms with Crippen molar-refractivity contribution in [1.29, 1.82) is 0 Å². The molecule has 1 aliphatic rings. The Morgan fingerprint density at radius 2 is 2.17 bits per heavy atom. The Morgan fingerprint density at radius 3 is 2.79 bits per heavy atom. The minimum Gasteiger partial charge on any atom is -0.507 e. The first kappa shape index (κ1) is 16.3. The van der Waals surface area contributed by atoms with Gasteiger partial charge in [0.05, 0.1) is 30.0 Å². The van der Waals surface area contributed by atoms with Gasteiger partial charge in [-0.15, -0.1) is 0 Å². The monoisotopic (exact) mass is 329 g/mol. The van der Waals surface area contributed by atoms with Crippen LogP contribution in [0.1, 0.15) is 31.5 Å². The lowest BCUT2D eigenvalue weighted by Crippen LogP contribution is -2.41. The molecular formula is C18H19NO5. The lowest BCUT2D eigenvalue weighted by molar-refractivity contribution is -0.137. The van der Waals surface area contributed by atoms with Gasteiger partial charge in [0, 0.05) is 19.6 Å². The topological polar surface area (TPSA) is 81.8 Å². The van der Waals surface area contributed by atoms with Gasteiger partial charge in [-0.05, 0) is 19.9 Å². The molecule has 2 heterocycles. The number of fused-ring (bicyclic) bond motifs is 2. The number of methoxy groups -OCH3 is 2. The largest absolute Gasteiger partial charge is 0.507 e. The molecule has 126 valence electrons. The summed E-state index contributed by atoms with van der Waals surface area (Å²) in [6, 6.07) is 1.70. The highest BCUT2D eigenvalue weighted by Gasteiger charge is 2.47. The first-order valence-electron chi connectivity index (χ1n) is 7.54. The van der Waals surface area contributed by atoms with Crippen LogP contribution in [0.4, 0.5) is 0 Å². The lowest BCUT2D eigenvalue weighted by Gasteiger charge is -2.33. The highest BCUT2D eigenvalue weighted by atomic mass is 16.5. The molecule has 2 aromatic heterocycles. The number of ketones is 1. The number of carbonyl (C=O) groups is 1. The molecule has 6 nitrogen and oxygen atoms in total. The molecule has 1 N–H and O–H groups in total. The van der Waals surface area contributed by atoms with E-state index < -0.39 is 5.60 Å². The van der Waals surface area contributed by atoms with Gasteiger partial charge in [0.1, 0.15) is 11.5 Å². The Hall–Kier alpha value is -2.60. The zero-order valence-electron chi connectivity index (χ0n) is 14.0. The number of ether oxygens (including phenoxy) is 2. The average molecular weight is 329 g/mol. The van der Waals surface area contributed by atoms with E-state index in [1.54, 1.807) is 6.07 Å². The zero-order chi connectivity index (χ0) is 17.5. The number of nitrogens with zero attached hydrogens (tertiary/aromatic N) is 1. The van der Waals surface area contributed by atoms with Gasteiger partial charge in [0.2, 0.25) is 5.71 Å². The standard InChI is InChI=1S/C18H19NO5/c1-10(2)5-7-18(23-4)13(21)9-12(20)14-15(22-3)11-6-8-24-17(11)19-16(14)18/h5-6,8-9,20H,7H2,1-4H3/t18-/m1/s1. The number of rotatable bonds is 4. The van der Waals surface area contributed by atoms with Crippen LogP contribution in [0.5, 0.6) is 5.75 Å². The summed E-state index contributed by atoms with van der Waals surface area (Å²) in [6.07, 6.45) is 4.85. The van der Waals surface area contributed by atoms with Gasteiger partial charge in [-0.25, -0.2) is 4.98 Å². The van der Waals surface area contributed by atoms with E-state index in [-0.39, 0.29) is 11.5 Å². The lowest BCUT2D eigenvalue weighted by atomic mass is 9.81. The van der Waals surface area contributed by atoms with Crippen molar-refractivity contribution in [2.45, 2.75) is 25.9 Å². The van der Waals surface area contributed by atoms with E-state index in [0.717, 1.165) is 5.57 Å². The molecule has 1 aliphatic carbocycles. The van der Waals surface area contributed by atoms with Crippen molar-refractivity contribution in [2.75, 3.05) is 14.2 Å². The second-order valence-corrected chi connectivity index (χ2v) is 5.92. The molecule has 0 spiro atoms. The number of hydrogen-bond acceptors (Lipinski definition) is 6. The van der Waals surface area contributed by atoms with Crippen molar-refractivity contribution < 1.29 is 23.8 Å². The summed E-state index contributed by atoms with van der Waals surface area (Å²) in [6.45, 7) is 3.88. The number of hydrogen-bond donors (Lipinski definition) is 1. The van der Waals surface area contributed by atoms with Crippen LogP contribution in [0.25, 0.3) is 16.9 Å². The van der Waals surface area contributed by atoms with Gasteiger partial charge in [-0.3, -0.25) is 4.79 Å². The first-order valence-corrected chi connectivity index (χ1v) is 7.54. The fourth-order valence-electron chi connectivity index (χ4n) is 2.96. The van der Waals surface area contributed by atoms with E-state index >= 15 is 0 Å². The third kappa shape index (κ3) is 2.22. The van der Waals surface area contributed by atoms with Crippen LogP contribution in [0.2, 0.25) is 0 Å². The van der Waals surface area contributed by atoms with Crippen LogP contribution in [0.3, 0.4) is 0 Å². The molecule has 1 atom stereocenters. The third-order valence-corrected chi connectivity index (χ3v) is 4.22. The maximum atomic E-state index is 12.7. The van der Waals surface area contributed by atoms with Crippen molar-refractivity contribution >= 4 is 22.6 Å². The fourth-order valence-corrected chi connectivity index (χ4v) is 2.96. The highest BCUT2D eigenvalue weighted by Crippen LogP contribution is 2.45. The Morgan fingerprint density at radius 1 is 1.42 bits per heavy atom. The van der Waals surface area contributed by atoms with Crippen LogP contribution >= 0.6 is 0 Å². The van der Waals surface area contributed by atoms with Crippen LogP contribution in [-0.2, 0) is 15.1 Å². The van der Waals surface area contributed by atoms with Crippen LogP contribution in [-0.4, -0.2) is 30.1 Å². The smallest absolute Gasteiger partial charge is 0.229 e. The number of aliphatic hydroxyl groups excluding tert-OH is 1. The highest BCUT2D eigenvalue weighted by molar-refractivity contribution is 6.07. The molecule has 0 fully saturated rings. The molecule has 6 heteroatoms. The Bertz CT molecular complexity index is 873. The van der Waals surface area contributed by atoms with E-state index in [0.29, 0.717) is 34.5 Å². The molecular weight excluding hydrogens is 310 g/mol. The van der Waals surface area contributed by atoms with Crippen LogP contribution in [0.15, 0.2) is 34.5 Å². The Kier molecular flexibility index (Phi) is 3.93. The summed E-state index contributed by atoms with van der Waals surface area (Å²) >= 11 is 0. The van der Waals surface area contributed by atoms with E-state index in [1.165, 1.54) is 26.6 Å². The SMILES string of the molecule is COc1c2c(nc3occc13)[C@](CC=C(C)C)(OC)C(=O)C=C2O. The van der Waals surface area contributed by atoms with Gasteiger partial charge in [-0.2, -0.15) is 0 Å². The van der Waals surface area contributed by atoms with Crippen molar-refractivity contribution in [1.82, 2.24) is 4.98 Å². The van der Waals surface area contributed by atoms with Crippen molar-refractivity contribution in [3.05, 3.63) is 41.3 Å². The number of allylic oxidation sites excluding steroid dienone is 1. The number of aromatic nitrogens is 1. The molecule has 0 saturated heterocycles. The molecule has 0 bridgehead atoms. The van der Waals surface area contributed by atoms with Gasteiger partial charge in [0.25, 0.3) is 0 Å². The summed E-state index contributed by atoms with van der Waals surface area (Å²) < 4.78 is 16.5. The molecule has 0 saturated carbocycles. The van der Waals surface area contributed by atoms with Crippen LogP contribution < -0.4 is 4.74 Å². The van der Waals surface area contributed by atoms with Crippen molar-refractivity contribution in [2.24, 2.45) is 0 Å². The average Bonchev–Trinajstić information content (AvgIpc) is 3.01. The molecule has 24 heavy (non-hydrogen) atoms. The minimum absolute atomic E-state index is 0.188. The summed E-state index contributed by atoms with van der Waals surface area (Å²) in [5.74, 6) is -0.149. The van der Waals surface area contributed by atoms with Crippen LogP contribution in [0, 0.1) is 0 Å². The van der Waals surface area contributed by atoms with Crippen molar-refractivity contribution in [3.8, 4) is 5.75 Å². The molecule has 0 aliphatic heterocycles. The number of furan rings is 1. The normalized spacial score (nSPS) is 19.8. The third-order valence-electron chi connectivity index (χ3n) is 4.22. The maximum absolute atomic E-state index is 12.7. The predicted molar refractivity (Wildman–Crippen MR) is 88.9 cm³/mol. The molecule has 0 unspecified atom stereocenters. The Balaban J connectivity index is 2.37. The quantitative estimate of drug-likeness (QED) is 0.864. The maximum Gasteiger partial charge on any atom is 0.229 e. The van der Waals surface area contributed by atoms with Gasteiger partial charge < -0.3 is 19.0 Å². The van der Waals surface area contributed by atoms with E-state index in [4.69, 9.17) is 13.9 Å². The van der Waals surface area contributed by atoms with E-state index in [2.05, 4.69) is 4.98 Å². The summed E-state index contributed by atoms with van der Waals surface area (Å²) in [5, 5.41) is 11.0. The number of pyridine rings is 1. The molecule has 3 rings (SSSR count). The fraction of sp³-hybridized carbons (Fsp3) is 0.333. The van der Waals surface area contributed by atoms with Gasteiger partial charge >= 0.3 is 0 Å². The minimum atomic E-state index is -1.33.